The molecule has 0 saturated carbocycles. The third kappa shape index (κ3) is 3.08. The number of hydrogen-bond donors (Lipinski definition) is 0. The van der Waals surface area contributed by atoms with E-state index in [0.717, 1.165) is 19.3 Å². The fourth-order valence-electron chi connectivity index (χ4n) is 5.34. The van der Waals surface area contributed by atoms with Gasteiger partial charge in [-0.1, -0.05) is 81.0 Å². The Hall–Kier alpha value is -2.55. The van der Waals surface area contributed by atoms with Crippen LogP contribution in [0.3, 0.4) is 0 Å². The molecule has 2 aliphatic heterocycles. The van der Waals surface area contributed by atoms with Gasteiger partial charge in [-0.3, -0.25) is 4.90 Å². The fraction of sp³-hybridized carbons (Fsp3) is 0.423. The molecule has 29 heavy (non-hydrogen) atoms. The van der Waals surface area contributed by atoms with Gasteiger partial charge in [0, 0.05) is 12.0 Å². The highest BCUT2D eigenvalue weighted by atomic mass is 16.6. The van der Waals surface area contributed by atoms with Gasteiger partial charge in [0.1, 0.15) is 6.61 Å². The molecule has 150 valence electrons. The van der Waals surface area contributed by atoms with Crippen molar-refractivity contribution in [1.82, 2.24) is 4.90 Å². The summed E-state index contributed by atoms with van der Waals surface area (Å²) in [5.41, 5.74) is 6.71. The largest absolute Gasteiger partial charge is 0.448 e. The molecule has 5 rings (SSSR count). The molecule has 2 aromatic carbocycles. The van der Waals surface area contributed by atoms with E-state index >= 15 is 0 Å². The molecule has 0 radical (unpaired) electrons. The lowest BCUT2D eigenvalue weighted by Crippen LogP contribution is -2.44. The van der Waals surface area contributed by atoms with Crippen molar-refractivity contribution in [1.29, 1.82) is 0 Å². The molecule has 1 saturated heterocycles. The van der Waals surface area contributed by atoms with Crippen LogP contribution >= 0.6 is 0 Å². The molecule has 3 aliphatic rings. The van der Waals surface area contributed by atoms with Gasteiger partial charge in [0.2, 0.25) is 0 Å². The molecule has 3 heteroatoms. The zero-order valence-electron chi connectivity index (χ0n) is 17.5. The Kier molecular flexibility index (Phi) is 4.31. The Morgan fingerprint density at radius 3 is 2.21 bits per heavy atom. The number of carbonyl (C=O) groups is 1. The molecule has 0 spiro atoms. The smallest absolute Gasteiger partial charge is 0.410 e. The second kappa shape index (κ2) is 6.76. The third-order valence-corrected chi connectivity index (χ3v) is 6.91. The lowest BCUT2D eigenvalue weighted by Gasteiger charge is -2.37. The van der Waals surface area contributed by atoms with Crippen LogP contribution in [-0.2, 0) is 4.74 Å². The Morgan fingerprint density at radius 1 is 1.00 bits per heavy atom. The lowest BCUT2D eigenvalue weighted by atomic mass is 9.81. The summed E-state index contributed by atoms with van der Waals surface area (Å²) in [6.45, 7) is 7.20. The number of carbonyl (C=O) groups excluding carboxylic acids is 1. The van der Waals surface area contributed by atoms with Gasteiger partial charge >= 0.3 is 6.09 Å². The maximum atomic E-state index is 13.1. The van der Waals surface area contributed by atoms with Crippen molar-refractivity contribution < 1.29 is 9.53 Å². The van der Waals surface area contributed by atoms with Crippen LogP contribution in [0.4, 0.5) is 4.79 Å². The summed E-state index contributed by atoms with van der Waals surface area (Å²) in [7, 11) is 0. The first-order valence-corrected chi connectivity index (χ1v) is 10.8. The Bertz CT molecular complexity index is 939. The predicted octanol–water partition coefficient (Wildman–Crippen LogP) is 6.14. The van der Waals surface area contributed by atoms with Crippen molar-refractivity contribution in [2.75, 3.05) is 6.61 Å². The zero-order valence-corrected chi connectivity index (χ0v) is 17.5. The van der Waals surface area contributed by atoms with Crippen LogP contribution in [0.25, 0.3) is 11.1 Å². The second-order valence-electron chi connectivity index (χ2n) is 9.66. The highest BCUT2D eigenvalue weighted by Crippen LogP contribution is 2.45. The van der Waals surface area contributed by atoms with Gasteiger partial charge < -0.3 is 4.74 Å². The van der Waals surface area contributed by atoms with E-state index in [0.29, 0.717) is 6.61 Å². The van der Waals surface area contributed by atoms with Gasteiger partial charge in [-0.2, -0.15) is 0 Å². The lowest BCUT2D eigenvalue weighted by molar-refractivity contribution is 0.0835. The number of fused-ring (bicyclic) bond motifs is 5. The first-order valence-electron chi connectivity index (χ1n) is 10.8. The number of rotatable bonds is 2. The molecular weight excluding hydrogens is 358 g/mol. The van der Waals surface area contributed by atoms with E-state index in [1.54, 1.807) is 0 Å². The average Bonchev–Trinajstić information content (AvgIpc) is 3.16. The number of ether oxygens (including phenoxy) is 1. The standard InChI is InChI=1S/C26H29NO2/c1-26(2,3)17-14-18-12-13-19(15-17)27(18)25(28)29-16-24-22-10-6-4-8-20(22)21-9-5-7-11-23(21)24/h4-11,14,18-19,24H,12-13,15-16H2,1-3H3. The number of amides is 1. The molecule has 2 bridgehead atoms. The zero-order chi connectivity index (χ0) is 20.2. The van der Waals surface area contributed by atoms with Crippen LogP contribution in [0.1, 0.15) is 57.1 Å². The van der Waals surface area contributed by atoms with E-state index in [1.165, 1.54) is 27.8 Å². The van der Waals surface area contributed by atoms with Crippen molar-refractivity contribution in [3.05, 3.63) is 71.3 Å². The SMILES string of the molecule is CC(C)(C)C1=CC2CCC(C1)N2C(=O)OCC1c2ccccc2-c2ccccc21. The van der Waals surface area contributed by atoms with Crippen LogP contribution in [-0.4, -0.2) is 29.7 Å². The van der Waals surface area contributed by atoms with Crippen LogP contribution in [0, 0.1) is 5.41 Å². The second-order valence-corrected chi connectivity index (χ2v) is 9.66. The maximum Gasteiger partial charge on any atom is 0.410 e. The van der Waals surface area contributed by atoms with E-state index in [-0.39, 0.29) is 29.5 Å². The summed E-state index contributed by atoms with van der Waals surface area (Å²) in [4.78, 5) is 15.1. The van der Waals surface area contributed by atoms with E-state index in [9.17, 15) is 4.79 Å². The van der Waals surface area contributed by atoms with Crippen molar-refractivity contribution >= 4 is 6.09 Å². The molecule has 2 unspecified atom stereocenters. The van der Waals surface area contributed by atoms with Crippen LogP contribution in [0.2, 0.25) is 0 Å². The summed E-state index contributed by atoms with van der Waals surface area (Å²) in [5, 5.41) is 0. The first kappa shape index (κ1) is 18.5. The van der Waals surface area contributed by atoms with Crippen LogP contribution in [0.5, 0.6) is 0 Å². The first-order chi connectivity index (χ1) is 13.9. The van der Waals surface area contributed by atoms with Crippen molar-refractivity contribution in [3.8, 4) is 11.1 Å². The van der Waals surface area contributed by atoms with E-state index < -0.39 is 0 Å². The summed E-state index contributed by atoms with van der Waals surface area (Å²) in [6, 6.07) is 17.4. The Labute approximate surface area is 173 Å². The molecule has 0 aromatic heterocycles. The molecule has 1 fully saturated rings. The van der Waals surface area contributed by atoms with Crippen molar-refractivity contribution in [3.63, 3.8) is 0 Å². The van der Waals surface area contributed by atoms with E-state index in [1.807, 2.05) is 4.90 Å². The Morgan fingerprint density at radius 2 is 1.62 bits per heavy atom. The molecule has 1 amide bonds. The summed E-state index contributed by atoms with van der Waals surface area (Å²) >= 11 is 0. The normalized spacial score (nSPS) is 22.9. The molecule has 3 nitrogen and oxygen atoms in total. The fourth-order valence-corrected chi connectivity index (χ4v) is 5.34. The number of hydrogen-bond acceptors (Lipinski definition) is 2. The van der Waals surface area contributed by atoms with Gasteiger partial charge in [0.25, 0.3) is 0 Å². The summed E-state index contributed by atoms with van der Waals surface area (Å²) < 4.78 is 5.94. The van der Waals surface area contributed by atoms with Crippen molar-refractivity contribution in [2.45, 2.75) is 58.0 Å². The molecule has 1 aliphatic carbocycles. The minimum Gasteiger partial charge on any atom is -0.448 e. The minimum absolute atomic E-state index is 0.120. The third-order valence-electron chi connectivity index (χ3n) is 6.91. The quantitative estimate of drug-likeness (QED) is 0.579. The minimum atomic E-state index is -0.149. The summed E-state index contributed by atoms with van der Waals surface area (Å²) in [6.07, 6.45) is 5.28. The molecule has 2 atom stereocenters. The van der Waals surface area contributed by atoms with E-state index in [2.05, 4.69) is 75.4 Å². The van der Waals surface area contributed by atoms with Gasteiger partial charge in [0.05, 0.1) is 6.04 Å². The highest BCUT2D eigenvalue weighted by molar-refractivity contribution is 5.79. The van der Waals surface area contributed by atoms with E-state index in [4.69, 9.17) is 4.74 Å². The highest BCUT2D eigenvalue weighted by Gasteiger charge is 2.42. The van der Waals surface area contributed by atoms with Crippen LogP contribution in [0.15, 0.2) is 60.2 Å². The number of benzene rings is 2. The van der Waals surface area contributed by atoms with Crippen molar-refractivity contribution in [2.24, 2.45) is 5.41 Å². The van der Waals surface area contributed by atoms with Crippen LogP contribution < -0.4 is 0 Å². The summed E-state index contributed by atoms with van der Waals surface area (Å²) in [5.74, 6) is 0.120. The monoisotopic (exact) mass is 387 g/mol. The molecule has 0 N–H and O–H groups in total. The molecule has 2 heterocycles. The van der Waals surface area contributed by atoms with Gasteiger partial charge in [-0.25, -0.2) is 4.79 Å². The van der Waals surface area contributed by atoms with Gasteiger partial charge in [-0.15, -0.1) is 0 Å². The number of nitrogens with zero attached hydrogens (tertiary/aromatic N) is 1. The van der Waals surface area contributed by atoms with Gasteiger partial charge in [0.15, 0.2) is 0 Å². The van der Waals surface area contributed by atoms with Gasteiger partial charge in [-0.05, 0) is 46.9 Å². The molecular formula is C26H29NO2. The predicted molar refractivity (Wildman–Crippen MR) is 116 cm³/mol. The molecule has 2 aromatic rings. The topological polar surface area (TPSA) is 29.5 Å². The Balaban J connectivity index is 1.34. The maximum absolute atomic E-state index is 13.1. The average molecular weight is 388 g/mol.